The Morgan fingerprint density at radius 3 is 2.38 bits per heavy atom. The van der Waals surface area contributed by atoms with Crippen molar-refractivity contribution in [1.82, 2.24) is 0 Å². The van der Waals surface area contributed by atoms with E-state index in [1.165, 1.54) is 6.42 Å². The van der Waals surface area contributed by atoms with E-state index in [2.05, 4.69) is 12.2 Å². The quantitative estimate of drug-likeness (QED) is 0.429. The topological polar surface area (TPSA) is 52.6 Å². The molecule has 0 spiro atoms. The molecule has 0 aromatic heterocycles. The second-order valence-corrected chi connectivity index (χ2v) is 6.77. The predicted octanol–water partition coefficient (Wildman–Crippen LogP) is 3.11. The maximum Gasteiger partial charge on any atom is 0.311 e. The van der Waals surface area contributed by atoms with Gasteiger partial charge in [-0.2, -0.15) is 0 Å². The van der Waals surface area contributed by atoms with Crippen molar-refractivity contribution < 1.29 is 19.1 Å². The van der Waals surface area contributed by atoms with Crippen LogP contribution in [-0.4, -0.2) is 25.2 Å². The Hall–Kier alpha value is -1.32. The lowest BCUT2D eigenvalue weighted by atomic mass is 9.69. The lowest BCUT2D eigenvalue weighted by Crippen LogP contribution is -2.34. The van der Waals surface area contributed by atoms with Crippen LogP contribution in [0.25, 0.3) is 0 Å². The number of allylic oxidation sites excluding steroid dienone is 2. The average molecular weight is 294 g/mol. The van der Waals surface area contributed by atoms with E-state index in [4.69, 9.17) is 9.47 Å². The first kappa shape index (κ1) is 16.1. The Balaban J connectivity index is 1.69. The zero-order valence-corrected chi connectivity index (χ0v) is 13.3. The second kappa shape index (κ2) is 6.63. The highest BCUT2D eigenvalue weighted by Gasteiger charge is 2.37. The zero-order valence-electron chi connectivity index (χ0n) is 13.3. The lowest BCUT2D eigenvalue weighted by molar-refractivity contribution is -0.162. The molecule has 3 atom stereocenters. The van der Waals surface area contributed by atoms with Crippen molar-refractivity contribution in [3.05, 3.63) is 12.2 Å². The molecule has 0 radical (unpaired) electrons. The third kappa shape index (κ3) is 3.86. The highest BCUT2D eigenvalue weighted by Crippen LogP contribution is 2.40. The van der Waals surface area contributed by atoms with Crippen LogP contribution in [0, 0.1) is 23.2 Å². The summed E-state index contributed by atoms with van der Waals surface area (Å²) >= 11 is 0. The van der Waals surface area contributed by atoms with Gasteiger partial charge in [0.25, 0.3) is 0 Å². The van der Waals surface area contributed by atoms with Crippen molar-refractivity contribution in [3.8, 4) is 0 Å². The smallest absolute Gasteiger partial charge is 0.311 e. The van der Waals surface area contributed by atoms with Gasteiger partial charge in [-0.3, -0.25) is 9.59 Å². The molecule has 0 aromatic carbocycles. The van der Waals surface area contributed by atoms with Crippen molar-refractivity contribution in [1.29, 1.82) is 0 Å². The van der Waals surface area contributed by atoms with Crippen LogP contribution in [0.5, 0.6) is 0 Å². The Morgan fingerprint density at radius 1 is 1.14 bits per heavy atom. The van der Waals surface area contributed by atoms with Crippen LogP contribution in [0.3, 0.4) is 0 Å². The highest BCUT2D eigenvalue weighted by atomic mass is 16.6. The van der Waals surface area contributed by atoms with E-state index in [9.17, 15) is 9.59 Å². The summed E-state index contributed by atoms with van der Waals surface area (Å²) in [6, 6.07) is 0. The molecule has 3 aliphatic rings. The van der Waals surface area contributed by atoms with Crippen LogP contribution in [0.2, 0.25) is 0 Å². The van der Waals surface area contributed by atoms with Crippen molar-refractivity contribution in [2.75, 3.05) is 13.2 Å². The molecule has 0 aromatic rings. The number of hydrogen-bond acceptors (Lipinski definition) is 4. The van der Waals surface area contributed by atoms with E-state index in [0.29, 0.717) is 11.8 Å². The van der Waals surface area contributed by atoms with Gasteiger partial charge in [0, 0.05) is 0 Å². The summed E-state index contributed by atoms with van der Waals surface area (Å²) in [5, 5.41) is 0. The van der Waals surface area contributed by atoms with Gasteiger partial charge in [-0.1, -0.05) is 19.1 Å². The molecular formula is C17H26O4. The summed E-state index contributed by atoms with van der Waals surface area (Å²) in [6.45, 7) is 5.96. The van der Waals surface area contributed by atoms with E-state index >= 15 is 0 Å². The molecule has 0 heterocycles. The summed E-state index contributed by atoms with van der Waals surface area (Å²) in [7, 11) is 0. The Morgan fingerprint density at radius 2 is 1.86 bits per heavy atom. The SMILES string of the molecule is CCC(C)(C)C(=O)OCCOC(=O)C1CC2C=CC1CC2. The fraction of sp³-hybridized carbons (Fsp3) is 0.765. The molecule has 3 aliphatic carbocycles. The van der Waals surface area contributed by atoms with E-state index in [1.807, 2.05) is 20.8 Å². The van der Waals surface area contributed by atoms with E-state index < -0.39 is 5.41 Å². The molecule has 0 saturated heterocycles. The fourth-order valence-electron chi connectivity index (χ4n) is 2.93. The number of hydrogen-bond donors (Lipinski definition) is 0. The first-order chi connectivity index (χ1) is 9.94. The van der Waals surface area contributed by atoms with Crippen LogP contribution in [0.15, 0.2) is 12.2 Å². The van der Waals surface area contributed by atoms with Crippen LogP contribution >= 0.6 is 0 Å². The number of rotatable bonds is 6. The van der Waals surface area contributed by atoms with E-state index in [1.54, 1.807) is 0 Å². The number of fused-ring (bicyclic) bond motifs is 2. The van der Waals surface area contributed by atoms with Crippen molar-refractivity contribution in [2.45, 2.75) is 46.5 Å². The molecule has 2 bridgehead atoms. The van der Waals surface area contributed by atoms with Crippen LogP contribution in [0.4, 0.5) is 0 Å². The van der Waals surface area contributed by atoms with Crippen molar-refractivity contribution >= 4 is 11.9 Å². The van der Waals surface area contributed by atoms with Gasteiger partial charge in [0.05, 0.1) is 11.3 Å². The average Bonchev–Trinajstić information content (AvgIpc) is 2.52. The van der Waals surface area contributed by atoms with Gasteiger partial charge in [0.15, 0.2) is 0 Å². The first-order valence-corrected chi connectivity index (χ1v) is 7.96. The lowest BCUT2D eigenvalue weighted by Gasteiger charge is -2.36. The maximum absolute atomic E-state index is 12.1. The molecule has 3 unspecified atom stereocenters. The summed E-state index contributed by atoms with van der Waals surface area (Å²) in [4.78, 5) is 23.9. The van der Waals surface area contributed by atoms with Gasteiger partial charge in [-0.05, 0) is 51.4 Å². The molecule has 4 nitrogen and oxygen atoms in total. The molecular weight excluding hydrogens is 268 g/mol. The first-order valence-electron chi connectivity index (χ1n) is 7.96. The minimum Gasteiger partial charge on any atom is -0.462 e. The molecule has 1 fully saturated rings. The molecule has 1 saturated carbocycles. The molecule has 0 N–H and O–H groups in total. The summed E-state index contributed by atoms with van der Waals surface area (Å²) < 4.78 is 10.4. The van der Waals surface area contributed by atoms with Crippen LogP contribution < -0.4 is 0 Å². The maximum atomic E-state index is 12.1. The fourth-order valence-corrected chi connectivity index (χ4v) is 2.93. The minimum atomic E-state index is -0.475. The largest absolute Gasteiger partial charge is 0.462 e. The van der Waals surface area contributed by atoms with Gasteiger partial charge in [0.2, 0.25) is 0 Å². The summed E-state index contributed by atoms with van der Waals surface area (Å²) in [6.07, 6.45) is 8.29. The summed E-state index contributed by atoms with van der Waals surface area (Å²) in [5.41, 5.74) is -0.475. The molecule has 0 amide bonds. The van der Waals surface area contributed by atoms with Gasteiger partial charge < -0.3 is 9.47 Å². The second-order valence-electron chi connectivity index (χ2n) is 6.77. The van der Waals surface area contributed by atoms with E-state index in [0.717, 1.165) is 19.3 Å². The van der Waals surface area contributed by atoms with Crippen molar-refractivity contribution in [3.63, 3.8) is 0 Å². The van der Waals surface area contributed by atoms with Gasteiger partial charge >= 0.3 is 11.9 Å². The minimum absolute atomic E-state index is 0.00321. The summed E-state index contributed by atoms with van der Waals surface area (Å²) in [5.74, 6) is 0.497. The third-order valence-electron chi connectivity index (χ3n) is 4.87. The van der Waals surface area contributed by atoms with Crippen LogP contribution in [-0.2, 0) is 19.1 Å². The normalized spacial score (nSPS) is 27.5. The van der Waals surface area contributed by atoms with Gasteiger partial charge in [0.1, 0.15) is 13.2 Å². The molecule has 4 heteroatoms. The monoisotopic (exact) mass is 294 g/mol. The van der Waals surface area contributed by atoms with Crippen molar-refractivity contribution in [2.24, 2.45) is 23.2 Å². The Bertz CT molecular complexity index is 425. The van der Waals surface area contributed by atoms with E-state index in [-0.39, 0.29) is 31.1 Å². The molecule has 118 valence electrons. The molecule has 0 aliphatic heterocycles. The Labute approximate surface area is 126 Å². The number of ether oxygens (including phenoxy) is 2. The highest BCUT2D eigenvalue weighted by molar-refractivity contribution is 5.76. The Kier molecular flexibility index (Phi) is 5.07. The van der Waals surface area contributed by atoms with Crippen LogP contribution in [0.1, 0.15) is 46.5 Å². The molecule has 21 heavy (non-hydrogen) atoms. The zero-order chi connectivity index (χ0) is 15.5. The number of carbonyl (C=O) groups is 2. The predicted molar refractivity (Wildman–Crippen MR) is 79.5 cm³/mol. The number of esters is 2. The van der Waals surface area contributed by atoms with Gasteiger partial charge in [-0.15, -0.1) is 0 Å². The third-order valence-corrected chi connectivity index (χ3v) is 4.87. The van der Waals surface area contributed by atoms with Gasteiger partial charge in [-0.25, -0.2) is 0 Å². The molecule has 3 rings (SSSR count). The standard InChI is InChI=1S/C17H26O4/c1-4-17(2,3)16(19)21-10-9-20-15(18)14-11-12-5-7-13(14)8-6-12/h5,7,12-14H,4,6,8-11H2,1-3H3. The number of carbonyl (C=O) groups excluding carboxylic acids is 2.